The van der Waals surface area contributed by atoms with Crippen LogP contribution in [0.5, 0.6) is 17.2 Å². The Balaban J connectivity index is 3.28. The fourth-order valence-electron chi connectivity index (χ4n) is 0.540. The lowest BCUT2D eigenvalue weighted by molar-refractivity contribution is 0.396. The molecule has 4 heteroatoms. The van der Waals surface area contributed by atoms with Crippen LogP contribution >= 0.6 is 11.6 Å². The van der Waals surface area contributed by atoms with E-state index in [0.29, 0.717) is 0 Å². The van der Waals surface area contributed by atoms with Gasteiger partial charge in [0.15, 0.2) is 11.5 Å². The summed E-state index contributed by atoms with van der Waals surface area (Å²) in [6.07, 6.45) is 0. The van der Waals surface area contributed by atoms with Crippen molar-refractivity contribution in [2.24, 2.45) is 0 Å². The fraction of sp³-hybridized carbons (Fsp3) is 0. The first-order valence-corrected chi connectivity index (χ1v) is 2.89. The van der Waals surface area contributed by atoms with Crippen LogP contribution in [0.2, 0.25) is 5.02 Å². The van der Waals surface area contributed by atoms with E-state index in [1.807, 2.05) is 0 Å². The van der Waals surface area contributed by atoms with Gasteiger partial charge >= 0.3 is 0 Å². The lowest BCUT2D eigenvalue weighted by Gasteiger charge is -1.98. The van der Waals surface area contributed by atoms with Crippen molar-refractivity contribution in [3.8, 4) is 17.2 Å². The molecule has 0 bridgehead atoms. The van der Waals surface area contributed by atoms with Gasteiger partial charge in [0.2, 0.25) is 0 Å². The van der Waals surface area contributed by atoms with Crippen molar-refractivity contribution in [1.82, 2.24) is 0 Å². The van der Waals surface area contributed by atoms with E-state index in [1.54, 1.807) is 0 Å². The van der Waals surface area contributed by atoms with E-state index in [4.69, 9.17) is 26.9 Å². The lowest BCUT2D eigenvalue weighted by Crippen LogP contribution is -1.70. The van der Waals surface area contributed by atoms with Gasteiger partial charge in [0, 0.05) is 12.1 Å². The molecule has 1 rings (SSSR count). The first kappa shape index (κ1) is 7.02. The van der Waals surface area contributed by atoms with Crippen molar-refractivity contribution in [2.45, 2.75) is 0 Å². The number of halogens is 1. The Hall–Kier alpha value is -1.09. The number of aromatic hydroxyl groups is 3. The molecule has 0 spiro atoms. The smallest absolute Gasteiger partial charge is 0.161 e. The average molecular weight is 161 g/mol. The highest BCUT2D eigenvalue weighted by Crippen LogP contribution is 2.34. The number of hydrogen-bond acceptors (Lipinski definition) is 3. The second kappa shape index (κ2) is 2.27. The number of phenols is 3. The minimum Gasteiger partial charge on any atom is -0.506 e. The molecular weight excluding hydrogens is 156 g/mol. The van der Waals surface area contributed by atoms with Crippen molar-refractivity contribution < 1.29 is 15.3 Å². The maximum atomic E-state index is 8.82. The fourth-order valence-corrected chi connectivity index (χ4v) is 0.698. The van der Waals surface area contributed by atoms with Gasteiger partial charge in [0.1, 0.15) is 5.75 Å². The highest BCUT2D eigenvalue weighted by Gasteiger charge is 2.03. The van der Waals surface area contributed by atoms with Gasteiger partial charge in [-0.05, 0) is 0 Å². The molecule has 0 heterocycles. The van der Waals surface area contributed by atoms with Crippen LogP contribution in [0.3, 0.4) is 0 Å². The van der Waals surface area contributed by atoms with E-state index in [1.165, 1.54) is 0 Å². The predicted molar refractivity (Wildman–Crippen MR) is 36.4 cm³/mol. The number of phenolic OH excluding ortho intramolecular Hbond substituents is 3. The molecule has 3 N–H and O–H groups in total. The molecule has 0 fully saturated rings. The van der Waals surface area contributed by atoms with Gasteiger partial charge in [-0.25, -0.2) is 0 Å². The normalized spacial score (nSPS) is 9.70. The third kappa shape index (κ3) is 1.09. The van der Waals surface area contributed by atoms with Crippen LogP contribution in [0.4, 0.5) is 0 Å². The summed E-state index contributed by atoms with van der Waals surface area (Å²) in [6.45, 7) is 0. The zero-order valence-electron chi connectivity index (χ0n) is 4.87. The maximum absolute atomic E-state index is 8.82. The summed E-state index contributed by atoms with van der Waals surface area (Å²) in [5.41, 5.74) is 0. The van der Waals surface area contributed by atoms with Crippen molar-refractivity contribution in [1.29, 1.82) is 0 Å². The number of hydrogen-bond donors (Lipinski definition) is 3. The Kier molecular flexibility index (Phi) is 1.59. The monoisotopic (exact) mass is 160 g/mol. The zero-order chi connectivity index (χ0) is 7.72. The van der Waals surface area contributed by atoms with Gasteiger partial charge in [-0.15, -0.1) is 0 Å². The van der Waals surface area contributed by atoms with Crippen molar-refractivity contribution in [2.75, 3.05) is 0 Å². The van der Waals surface area contributed by atoms with Gasteiger partial charge in [-0.3, -0.25) is 0 Å². The van der Waals surface area contributed by atoms with Crippen molar-refractivity contribution in [3.63, 3.8) is 0 Å². The molecular formula is C6H5ClO3. The summed E-state index contributed by atoms with van der Waals surface area (Å²) in [5.74, 6) is -0.985. The predicted octanol–water partition coefficient (Wildman–Crippen LogP) is 1.46. The number of rotatable bonds is 0. The summed E-state index contributed by atoms with van der Waals surface area (Å²) in [7, 11) is 0. The molecule has 1 aromatic rings. The van der Waals surface area contributed by atoms with Crippen LogP contribution in [0.15, 0.2) is 12.1 Å². The first-order valence-electron chi connectivity index (χ1n) is 2.51. The highest BCUT2D eigenvalue weighted by atomic mass is 35.5. The molecule has 10 heavy (non-hydrogen) atoms. The third-order valence-electron chi connectivity index (χ3n) is 1.04. The second-order valence-electron chi connectivity index (χ2n) is 1.79. The van der Waals surface area contributed by atoms with Crippen LogP contribution in [-0.2, 0) is 0 Å². The second-order valence-corrected chi connectivity index (χ2v) is 2.20. The Labute approximate surface area is 62.1 Å². The average Bonchev–Trinajstić information content (AvgIpc) is 1.84. The zero-order valence-corrected chi connectivity index (χ0v) is 5.63. The molecule has 0 aliphatic carbocycles. The maximum Gasteiger partial charge on any atom is 0.161 e. The van der Waals surface area contributed by atoms with E-state index in [9.17, 15) is 0 Å². The SMILES string of the molecule is Oc1cc(O)c(Cl)cc1O. The van der Waals surface area contributed by atoms with Gasteiger partial charge in [-0.1, -0.05) is 11.6 Å². The van der Waals surface area contributed by atoms with Crippen LogP contribution in [0, 0.1) is 0 Å². The summed E-state index contributed by atoms with van der Waals surface area (Å²) in [6, 6.07) is 2.03. The quantitative estimate of drug-likeness (QED) is 0.398. The Morgan fingerprint density at radius 2 is 1.40 bits per heavy atom. The van der Waals surface area contributed by atoms with Crippen molar-refractivity contribution in [3.05, 3.63) is 17.2 Å². The molecule has 0 atom stereocenters. The molecule has 0 aliphatic heterocycles. The number of benzene rings is 1. The summed E-state index contributed by atoms with van der Waals surface area (Å²) in [4.78, 5) is 0. The Morgan fingerprint density at radius 3 is 1.90 bits per heavy atom. The molecule has 0 saturated carbocycles. The standard InChI is InChI=1S/C6H5ClO3/c7-3-1-5(9)6(10)2-4(3)8/h1-2,8-10H. The summed E-state index contributed by atoms with van der Waals surface area (Å²) in [5, 5.41) is 26.4. The van der Waals surface area contributed by atoms with Crippen LogP contribution in [0.1, 0.15) is 0 Å². The largest absolute Gasteiger partial charge is 0.506 e. The first-order chi connectivity index (χ1) is 4.61. The Bertz CT molecular complexity index is 209. The highest BCUT2D eigenvalue weighted by molar-refractivity contribution is 6.32. The third-order valence-corrected chi connectivity index (χ3v) is 1.35. The lowest BCUT2D eigenvalue weighted by atomic mass is 10.3. The van der Waals surface area contributed by atoms with E-state index in [2.05, 4.69) is 0 Å². The van der Waals surface area contributed by atoms with E-state index in [0.717, 1.165) is 12.1 Å². The minimum atomic E-state index is -0.387. The summed E-state index contributed by atoms with van der Waals surface area (Å²) < 4.78 is 0. The van der Waals surface area contributed by atoms with Crippen LogP contribution in [-0.4, -0.2) is 15.3 Å². The van der Waals surface area contributed by atoms with Gasteiger partial charge in [0.25, 0.3) is 0 Å². The molecule has 0 saturated heterocycles. The molecule has 54 valence electrons. The van der Waals surface area contributed by atoms with E-state index >= 15 is 0 Å². The minimum absolute atomic E-state index is 0.00954. The van der Waals surface area contributed by atoms with Gasteiger partial charge in [0.05, 0.1) is 5.02 Å². The topological polar surface area (TPSA) is 60.7 Å². The molecule has 0 radical (unpaired) electrons. The molecule has 3 nitrogen and oxygen atoms in total. The summed E-state index contributed by atoms with van der Waals surface area (Å²) >= 11 is 5.36. The van der Waals surface area contributed by atoms with Crippen LogP contribution < -0.4 is 0 Å². The van der Waals surface area contributed by atoms with E-state index < -0.39 is 0 Å². The van der Waals surface area contributed by atoms with E-state index in [-0.39, 0.29) is 22.3 Å². The molecule has 1 aromatic carbocycles. The molecule has 0 aromatic heterocycles. The van der Waals surface area contributed by atoms with Gasteiger partial charge < -0.3 is 15.3 Å². The molecule has 0 unspecified atom stereocenters. The molecule has 0 aliphatic rings. The Morgan fingerprint density at radius 1 is 0.900 bits per heavy atom. The van der Waals surface area contributed by atoms with Gasteiger partial charge in [-0.2, -0.15) is 0 Å². The molecule has 0 amide bonds. The van der Waals surface area contributed by atoms with Crippen LogP contribution in [0.25, 0.3) is 0 Å². The van der Waals surface area contributed by atoms with Crippen molar-refractivity contribution >= 4 is 11.6 Å².